The Hall–Kier alpha value is -3.23. The van der Waals surface area contributed by atoms with Crippen molar-refractivity contribution in [2.75, 3.05) is 0 Å². The summed E-state index contributed by atoms with van der Waals surface area (Å²) in [4.78, 5) is 22.4. The number of non-ortho nitro benzene ring substituents is 1. The second-order valence-corrected chi connectivity index (χ2v) is 6.16. The molecule has 1 heterocycles. The number of hydrogen-bond donors (Lipinski definition) is 2. The molecule has 0 radical (unpaired) electrons. The van der Waals surface area contributed by atoms with Gasteiger partial charge in [0.15, 0.2) is 0 Å². The fourth-order valence-corrected chi connectivity index (χ4v) is 2.48. The van der Waals surface area contributed by atoms with Crippen molar-refractivity contribution in [2.24, 2.45) is 5.10 Å². The summed E-state index contributed by atoms with van der Waals surface area (Å²) >= 11 is 11.9. The zero-order valence-corrected chi connectivity index (χ0v) is 15.0. The van der Waals surface area contributed by atoms with Gasteiger partial charge in [0.05, 0.1) is 26.9 Å². The summed E-state index contributed by atoms with van der Waals surface area (Å²) in [6.07, 6.45) is 1.31. The van der Waals surface area contributed by atoms with E-state index in [1.165, 1.54) is 30.5 Å². The number of H-pyrrole nitrogens is 1. The molecule has 27 heavy (non-hydrogen) atoms. The number of nitro benzene ring substituents is 1. The Morgan fingerprint density at radius 2 is 2.00 bits per heavy atom. The number of aromatic nitrogens is 2. The molecule has 8 nitrogen and oxygen atoms in total. The average molecular weight is 404 g/mol. The standard InChI is InChI=1S/C17H11Cl2N5O3/c18-13-5-4-11(7-14(13)19)15-8-16(22-21-15)17(25)23-20-9-10-2-1-3-12(6-10)24(26)27/h1-9H,(H,21,22)(H,23,25)/b20-9+. The molecule has 0 unspecified atom stereocenters. The van der Waals surface area contributed by atoms with Crippen LogP contribution >= 0.6 is 23.2 Å². The van der Waals surface area contributed by atoms with Gasteiger partial charge in [-0.25, -0.2) is 5.43 Å². The van der Waals surface area contributed by atoms with E-state index in [0.717, 1.165) is 0 Å². The lowest BCUT2D eigenvalue weighted by Gasteiger charge is -1.99. The van der Waals surface area contributed by atoms with Crippen molar-refractivity contribution in [3.63, 3.8) is 0 Å². The molecular formula is C17H11Cl2N5O3. The van der Waals surface area contributed by atoms with Crippen LogP contribution in [0.1, 0.15) is 16.1 Å². The highest BCUT2D eigenvalue weighted by Crippen LogP contribution is 2.27. The maximum Gasteiger partial charge on any atom is 0.289 e. The van der Waals surface area contributed by atoms with Crippen LogP contribution in [0, 0.1) is 10.1 Å². The fraction of sp³-hybridized carbons (Fsp3) is 0. The first kappa shape index (κ1) is 18.6. The van der Waals surface area contributed by atoms with Crippen LogP contribution in [-0.4, -0.2) is 27.2 Å². The van der Waals surface area contributed by atoms with E-state index < -0.39 is 10.8 Å². The van der Waals surface area contributed by atoms with Crippen molar-refractivity contribution >= 4 is 41.0 Å². The van der Waals surface area contributed by atoms with E-state index in [4.69, 9.17) is 23.2 Å². The number of nitrogens with one attached hydrogen (secondary N) is 2. The van der Waals surface area contributed by atoms with E-state index >= 15 is 0 Å². The Kier molecular flexibility index (Phi) is 5.49. The molecule has 10 heteroatoms. The monoisotopic (exact) mass is 403 g/mol. The summed E-state index contributed by atoms with van der Waals surface area (Å²) in [6.45, 7) is 0. The number of rotatable bonds is 5. The Morgan fingerprint density at radius 3 is 2.74 bits per heavy atom. The van der Waals surface area contributed by atoms with E-state index in [-0.39, 0.29) is 11.4 Å². The molecule has 3 aromatic rings. The van der Waals surface area contributed by atoms with E-state index in [2.05, 4.69) is 20.7 Å². The topological polar surface area (TPSA) is 113 Å². The number of carbonyl (C=O) groups is 1. The van der Waals surface area contributed by atoms with E-state index in [1.807, 2.05) is 0 Å². The molecule has 136 valence electrons. The molecule has 0 fully saturated rings. The van der Waals surface area contributed by atoms with Crippen LogP contribution < -0.4 is 5.43 Å². The number of hydrogen-bond acceptors (Lipinski definition) is 5. The summed E-state index contributed by atoms with van der Waals surface area (Å²) in [5, 5.41) is 22.0. The first-order valence-electron chi connectivity index (χ1n) is 7.53. The number of halogens is 2. The third kappa shape index (κ3) is 4.49. The minimum absolute atomic E-state index is 0.0647. The van der Waals surface area contributed by atoms with Crippen LogP contribution in [-0.2, 0) is 0 Å². The lowest BCUT2D eigenvalue weighted by Crippen LogP contribution is -2.18. The maximum absolute atomic E-state index is 12.1. The van der Waals surface area contributed by atoms with Crippen molar-refractivity contribution in [1.82, 2.24) is 15.6 Å². The van der Waals surface area contributed by atoms with Gasteiger partial charge in [-0.05, 0) is 18.2 Å². The molecule has 0 spiro atoms. The molecule has 2 N–H and O–H groups in total. The number of amides is 1. The number of benzene rings is 2. The second-order valence-electron chi connectivity index (χ2n) is 5.35. The normalized spacial score (nSPS) is 10.9. The average Bonchev–Trinajstić information content (AvgIpc) is 3.14. The SMILES string of the molecule is O=C(N/N=C/c1cccc([N+](=O)[O-])c1)c1cc(-c2ccc(Cl)c(Cl)c2)n[nH]1. The molecule has 0 atom stereocenters. The van der Waals surface area contributed by atoms with Crippen LogP contribution in [0.15, 0.2) is 53.6 Å². The molecule has 0 bridgehead atoms. The summed E-state index contributed by atoms with van der Waals surface area (Å²) in [7, 11) is 0. The molecular weight excluding hydrogens is 393 g/mol. The minimum Gasteiger partial charge on any atom is -0.272 e. The van der Waals surface area contributed by atoms with Crippen LogP contribution in [0.5, 0.6) is 0 Å². The third-order valence-corrected chi connectivity index (χ3v) is 4.24. The highest BCUT2D eigenvalue weighted by Gasteiger charge is 2.11. The van der Waals surface area contributed by atoms with Gasteiger partial charge in [0.25, 0.3) is 11.6 Å². The lowest BCUT2D eigenvalue weighted by atomic mass is 10.1. The first-order chi connectivity index (χ1) is 12.9. The predicted molar refractivity (Wildman–Crippen MR) is 102 cm³/mol. The van der Waals surface area contributed by atoms with Gasteiger partial charge in [-0.15, -0.1) is 0 Å². The van der Waals surface area contributed by atoms with Crippen LogP contribution in [0.3, 0.4) is 0 Å². The minimum atomic E-state index is -0.518. The fourth-order valence-electron chi connectivity index (χ4n) is 2.19. The Bertz CT molecular complexity index is 1050. The van der Waals surface area contributed by atoms with Crippen molar-refractivity contribution < 1.29 is 9.72 Å². The number of hydrazone groups is 1. The molecule has 0 aliphatic rings. The number of carbonyl (C=O) groups excluding carboxylic acids is 1. The summed E-state index contributed by atoms with van der Waals surface area (Å²) in [5.41, 5.74) is 4.13. The predicted octanol–water partition coefficient (Wildman–Crippen LogP) is 4.06. The van der Waals surface area contributed by atoms with Gasteiger partial charge >= 0.3 is 0 Å². The quantitative estimate of drug-likeness (QED) is 0.379. The smallest absolute Gasteiger partial charge is 0.272 e. The molecule has 1 aromatic heterocycles. The molecule has 0 saturated heterocycles. The zero-order valence-electron chi connectivity index (χ0n) is 13.5. The van der Waals surface area contributed by atoms with Gasteiger partial charge in [-0.1, -0.05) is 41.4 Å². The van der Waals surface area contributed by atoms with E-state index in [1.54, 1.807) is 24.3 Å². The Labute approximate surface area is 163 Å². The number of nitro groups is 1. The number of nitrogens with zero attached hydrogens (tertiary/aromatic N) is 3. The lowest BCUT2D eigenvalue weighted by molar-refractivity contribution is -0.384. The molecule has 0 aliphatic carbocycles. The first-order valence-corrected chi connectivity index (χ1v) is 8.28. The van der Waals surface area contributed by atoms with Gasteiger partial charge in [0.1, 0.15) is 5.69 Å². The molecule has 0 saturated carbocycles. The maximum atomic E-state index is 12.1. The largest absolute Gasteiger partial charge is 0.289 e. The van der Waals surface area contributed by atoms with Gasteiger partial charge in [-0.2, -0.15) is 10.2 Å². The molecule has 0 aliphatic heterocycles. The van der Waals surface area contributed by atoms with E-state index in [9.17, 15) is 14.9 Å². The van der Waals surface area contributed by atoms with Crippen LogP contribution in [0.25, 0.3) is 11.3 Å². The molecule has 2 aromatic carbocycles. The molecule has 3 rings (SSSR count). The van der Waals surface area contributed by atoms with Crippen molar-refractivity contribution in [1.29, 1.82) is 0 Å². The van der Waals surface area contributed by atoms with Gasteiger partial charge < -0.3 is 0 Å². The van der Waals surface area contributed by atoms with Gasteiger partial charge in [-0.3, -0.25) is 20.0 Å². The third-order valence-electron chi connectivity index (χ3n) is 3.50. The summed E-state index contributed by atoms with van der Waals surface area (Å²) in [6, 6.07) is 12.4. The summed E-state index contributed by atoms with van der Waals surface area (Å²) in [5.74, 6) is -0.518. The summed E-state index contributed by atoms with van der Waals surface area (Å²) < 4.78 is 0. The number of aromatic amines is 1. The zero-order chi connectivity index (χ0) is 19.4. The Morgan fingerprint density at radius 1 is 1.19 bits per heavy atom. The van der Waals surface area contributed by atoms with Gasteiger partial charge in [0, 0.05) is 23.3 Å². The highest BCUT2D eigenvalue weighted by molar-refractivity contribution is 6.42. The molecule has 1 amide bonds. The van der Waals surface area contributed by atoms with Crippen molar-refractivity contribution in [3.8, 4) is 11.3 Å². The van der Waals surface area contributed by atoms with Gasteiger partial charge in [0.2, 0.25) is 0 Å². The van der Waals surface area contributed by atoms with Crippen molar-refractivity contribution in [3.05, 3.63) is 79.9 Å². The van der Waals surface area contributed by atoms with Crippen molar-refractivity contribution in [2.45, 2.75) is 0 Å². The van der Waals surface area contributed by atoms with E-state index in [0.29, 0.717) is 26.9 Å². The van der Waals surface area contributed by atoms with Crippen LogP contribution in [0.2, 0.25) is 10.0 Å². The second kappa shape index (κ2) is 7.98. The van der Waals surface area contributed by atoms with Crippen LogP contribution in [0.4, 0.5) is 5.69 Å². The Balaban J connectivity index is 1.68. The highest BCUT2D eigenvalue weighted by atomic mass is 35.5.